The lowest BCUT2D eigenvalue weighted by atomic mass is 10.0. The van der Waals surface area contributed by atoms with Gasteiger partial charge in [0.1, 0.15) is 21.7 Å². The Labute approximate surface area is 129 Å². The molecule has 0 aromatic heterocycles. The van der Waals surface area contributed by atoms with Crippen molar-refractivity contribution >= 4 is 21.5 Å². The maximum Gasteiger partial charge on any atom is 0.148 e. The quantitative estimate of drug-likeness (QED) is 0.693. The summed E-state index contributed by atoms with van der Waals surface area (Å²) in [5.74, 6) is 2.10. The number of hydrogen-bond acceptors (Lipinski definition) is 3. The van der Waals surface area contributed by atoms with Crippen LogP contribution in [0.5, 0.6) is 17.2 Å². The highest BCUT2D eigenvalue weighted by molar-refractivity contribution is 9.10. The van der Waals surface area contributed by atoms with E-state index in [0.717, 1.165) is 27.8 Å². The van der Waals surface area contributed by atoms with Crippen molar-refractivity contribution in [2.75, 3.05) is 21.3 Å². The minimum atomic E-state index is 0.678. The van der Waals surface area contributed by atoms with E-state index in [9.17, 15) is 0 Å². The van der Waals surface area contributed by atoms with E-state index in [-0.39, 0.29) is 0 Å². The number of methoxy groups -OCH3 is 3. The molecule has 4 heteroatoms. The Bertz CT molecular complexity index is 519. The van der Waals surface area contributed by atoms with E-state index in [1.165, 1.54) is 0 Å². The molecule has 0 unspecified atom stereocenters. The second kappa shape index (κ2) is 8.00. The lowest BCUT2D eigenvalue weighted by molar-refractivity contribution is 0.370. The van der Waals surface area contributed by atoms with Crippen LogP contribution in [0.4, 0.5) is 0 Å². The number of hydrogen-bond donors (Lipinski definition) is 0. The first-order valence-electron chi connectivity index (χ1n) is 6.46. The topological polar surface area (TPSA) is 27.7 Å². The van der Waals surface area contributed by atoms with Crippen LogP contribution in [-0.2, 0) is 0 Å². The zero-order valence-electron chi connectivity index (χ0n) is 12.6. The lowest BCUT2D eigenvalue weighted by Gasteiger charge is -2.18. The molecule has 0 aliphatic rings. The number of ether oxygens (including phenoxy) is 3. The Morgan fingerprint density at radius 2 is 1.80 bits per heavy atom. The highest BCUT2D eigenvalue weighted by atomic mass is 79.9. The number of benzene rings is 1. The van der Waals surface area contributed by atoms with Crippen LogP contribution < -0.4 is 14.2 Å². The van der Waals surface area contributed by atoms with Crippen LogP contribution in [0.25, 0.3) is 5.57 Å². The molecule has 0 spiro atoms. The minimum Gasteiger partial charge on any atom is -0.496 e. The Morgan fingerprint density at radius 3 is 2.25 bits per heavy atom. The predicted molar refractivity (Wildman–Crippen MR) is 86.9 cm³/mol. The first-order chi connectivity index (χ1) is 9.64. The number of rotatable bonds is 6. The fraction of sp³-hybridized carbons (Fsp3) is 0.375. The normalized spacial score (nSPS) is 11.8. The Kier molecular flexibility index (Phi) is 6.65. The molecule has 110 valence electrons. The summed E-state index contributed by atoms with van der Waals surface area (Å²) in [4.78, 5) is 0. The van der Waals surface area contributed by atoms with E-state index < -0.39 is 0 Å². The maximum absolute atomic E-state index is 5.54. The summed E-state index contributed by atoms with van der Waals surface area (Å²) in [7, 11) is 4.90. The number of allylic oxidation sites excluding steroid dienone is 4. The van der Waals surface area contributed by atoms with Gasteiger partial charge in [-0.3, -0.25) is 0 Å². The summed E-state index contributed by atoms with van der Waals surface area (Å²) in [6.45, 7) is 4.09. The summed E-state index contributed by atoms with van der Waals surface area (Å²) >= 11 is 3.52. The fourth-order valence-corrected chi connectivity index (χ4v) is 2.57. The Balaban J connectivity index is 3.58. The summed E-state index contributed by atoms with van der Waals surface area (Å²) < 4.78 is 17.2. The van der Waals surface area contributed by atoms with Gasteiger partial charge in [-0.2, -0.15) is 0 Å². The summed E-state index contributed by atoms with van der Waals surface area (Å²) in [5, 5.41) is 0. The fourth-order valence-electron chi connectivity index (χ4n) is 1.93. The zero-order valence-corrected chi connectivity index (χ0v) is 14.2. The molecule has 0 heterocycles. The van der Waals surface area contributed by atoms with Gasteiger partial charge >= 0.3 is 0 Å². The summed E-state index contributed by atoms with van der Waals surface area (Å²) in [6.07, 6.45) is 7.18. The average molecular weight is 341 g/mol. The van der Waals surface area contributed by atoms with Crippen molar-refractivity contribution in [3.05, 3.63) is 34.3 Å². The van der Waals surface area contributed by atoms with Gasteiger partial charge in [-0.15, -0.1) is 0 Å². The van der Waals surface area contributed by atoms with E-state index >= 15 is 0 Å². The number of halogens is 1. The first-order valence-corrected chi connectivity index (χ1v) is 7.25. The third-order valence-electron chi connectivity index (χ3n) is 2.93. The van der Waals surface area contributed by atoms with Crippen LogP contribution >= 0.6 is 15.9 Å². The Morgan fingerprint density at radius 1 is 1.15 bits per heavy atom. The van der Waals surface area contributed by atoms with Crippen LogP contribution in [0.1, 0.15) is 25.8 Å². The minimum absolute atomic E-state index is 0.678. The molecule has 0 saturated heterocycles. The molecule has 0 atom stereocenters. The monoisotopic (exact) mass is 340 g/mol. The molecule has 3 nitrogen and oxygen atoms in total. The van der Waals surface area contributed by atoms with Gasteiger partial charge in [-0.1, -0.05) is 25.2 Å². The van der Waals surface area contributed by atoms with Crippen LogP contribution in [0.3, 0.4) is 0 Å². The van der Waals surface area contributed by atoms with Gasteiger partial charge in [0, 0.05) is 6.07 Å². The SMILES string of the molecule is C/C=C(\C=C/CC)c1c(OC)cc(OC)c(Br)c1OC. The van der Waals surface area contributed by atoms with Crippen molar-refractivity contribution in [2.45, 2.75) is 20.3 Å². The average Bonchev–Trinajstić information content (AvgIpc) is 2.48. The molecule has 1 aromatic rings. The van der Waals surface area contributed by atoms with Gasteiger partial charge in [-0.25, -0.2) is 0 Å². The molecule has 1 aromatic carbocycles. The van der Waals surface area contributed by atoms with Gasteiger partial charge in [0.2, 0.25) is 0 Å². The van der Waals surface area contributed by atoms with E-state index in [0.29, 0.717) is 11.5 Å². The molecule has 0 fully saturated rings. The molecule has 1 rings (SSSR count). The van der Waals surface area contributed by atoms with E-state index in [1.54, 1.807) is 21.3 Å². The van der Waals surface area contributed by atoms with Crippen molar-refractivity contribution in [1.82, 2.24) is 0 Å². The highest BCUT2D eigenvalue weighted by Gasteiger charge is 2.20. The smallest absolute Gasteiger partial charge is 0.148 e. The molecule has 0 saturated carbocycles. The Hall–Kier alpha value is -1.42. The van der Waals surface area contributed by atoms with Crippen molar-refractivity contribution in [3.8, 4) is 17.2 Å². The van der Waals surface area contributed by atoms with E-state index in [4.69, 9.17) is 14.2 Å². The maximum atomic E-state index is 5.54. The molecular weight excluding hydrogens is 320 g/mol. The van der Waals surface area contributed by atoms with Gasteiger partial charge < -0.3 is 14.2 Å². The molecule has 0 aliphatic carbocycles. The second-order valence-corrected chi connectivity index (χ2v) is 4.85. The second-order valence-electron chi connectivity index (χ2n) is 4.06. The largest absolute Gasteiger partial charge is 0.496 e. The van der Waals surface area contributed by atoms with Crippen molar-refractivity contribution in [2.24, 2.45) is 0 Å². The molecule has 0 radical (unpaired) electrons. The van der Waals surface area contributed by atoms with Crippen molar-refractivity contribution < 1.29 is 14.2 Å². The highest BCUT2D eigenvalue weighted by Crippen LogP contribution is 2.46. The summed E-state index contributed by atoms with van der Waals surface area (Å²) in [5.41, 5.74) is 1.96. The van der Waals surface area contributed by atoms with Gasteiger partial charge in [0.05, 0.1) is 26.9 Å². The van der Waals surface area contributed by atoms with Gasteiger partial charge in [0.15, 0.2) is 0 Å². The van der Waals surface area contributed by atoms with Crippen LogP contribution in [0, 0.1) is 0 Å². The third kappa shape index (κ3) is 3.37. The first kappa shape index (κ1) is 16.6. The molecule has 0 bridgehead atoms. The molecule has 0 N–H and O–H groups in total. The molecule has 0 amide bonds. The third-order valence-corrected chi connectivity index (χ3v) is 3.68. The van der Waals surface area contributed by atoms with Crippen molar-refractivity contribution in [3.63, 3.8) is 0 Å². The van der Waals surface area contributed by atoms with Crippen LogP contribution in [-0.4, -0.2) is 21.3 Å². The van der Waals surface area contributed by atoms with Crippen LogP contribution in [0.2, 0.25) is 0 Å². The molecular formula is C16H21BrO3. The molecule has 0 aliphatic heterocycles. The van der Waals surface area contributed by atoms with Crippen LogP contribution in [0.15, 0.2) is 28.8 Å². The standard InChI is InChI=1S/C16H21BrO3/c1-6-8-9-11(7-2)14-12(18-3)10-13(19-4)15(17)16(14)20-5/h7-10H,6H2,1-5H3/b9-8-,11-7+. The van der Waals surface area contributed by atoms with E-state index in [1.807, 2.05) is 19.1 Å². The van der Waals surface area contributed by atoms with Crippen molar-refractivity contribution in [1.29, 1.82) is 0 Å². The van der Waals surface area contributed by atoms with Gasteiger partial charge in [0.25, 0.3) is 0 Å². The summed E-state index contributed by atoms with van der Waals surface area (Å²) in [6, 6.07) is 1.85. The predicted octanol–water partition coefficient (Wildman–Crippen LogP) is 4.84. The molecule has 20 heavy (non-hydrogen) atoms. The lowest BCUT2D eigenvalue weighted by Crippen LogP contribution is -1.99. The van der Waals surface area contributed by atoms with Gasteiger partial charge in [-0.05, 0) is 34.8 Å². The zero-order chi connectivity index (χ0) is 15.1. The van der Waals surface area contributed by atoms with E-state index in [2.05, 4.69) is 35.0 Å².